The number of hydrogen-bond donors (Lipinski definition) is 1. The van der Waals surface area contributed by atoms with Crippen molar-refractivity contribution in [2.24, 2.45) is 0 Å². The molecule has 0 saturated carbocycles. The second kappa shape index (κ2) is 7.31. The molecule has 2 rings (SSSR count). The number of ether oxygens (including phenoxy) is 1. The van der Waals surface area contributed by atoms with Gasteiger partial charge in [0, 0.05) is 19.1 Å². The highest BCUT2D eigenvalue weighted by molar-refractivity contribution is 9.10. The van der Waals surface area contributed by atoms with Gasteiger partial charge in [0.25, 0.3) is 0 Å². The van der Waals surface area contributed by atoms with Gasteiger partial charge in [0.15, 0.2) is 0 Å². The first-order valence-electron chi connectivity index (χ1n) is 7.69. The molecule has 1 aromatic rings. The number of carbonyl (C=O) groups excluding carboxylic acids is 1. The summed E-state index contributed by atoms with van der Waals surface area (Å²) >= 11 is 3.33. The maximum absolute atomic E-state index is 12.1. The summed E-state index contributed by atoms with van der Waals surface area (Å²) in [5, 5.41) is 3.49. The molecule has 22 heavy (non-hydrogen) atoms. The fourth-order valence-corrected chi connectivity index (χ4v) is 2.68. The first kappa shape index (κ1) is 17.1. The van der Waals surface area contributed by atoms with Gasteiger partial charge in [-0.3, -0.25) is 0 Å². The van der Waals surface area contributed by atoms with Crippen LogP contribution in [0.4, 0.5) is 10.5 Å². The van der Waals surface area contributed by atoms with E-state index in [1.54, 1.807) is 0 Å². The van der Waals surface area contributed by atoms with Crippen LogP contribution in [0.1, 0.15) is 40.0 Å². The summed E-state index contributed by atoms with van der Waals surface area (Å²) in [6.45, 7) is 7.16. The van der Waals surface area contributed by atoms with Crippen molar-refractivity contribution in [2.45, 2.75) is 51.7 Å². The van der Waals surface area contributed by atoms with Gasteiger partial charge in [-0.1, -0.05) is 0 Å². The van der Waals surface area contributed by atoms with Gasteiger partial charge in [-0.25, -0.2) is 9.78 Å². The van der Waals surface area contributed by atoms with E-state index in [-0.39, 0.29) is 6.09 Å². The fraction of sp³-hybridized carbons (Fsp3) is 0.625. The molecule has 1 atom stereocenters. The number of rotatable bonds is 2. The predicted molar refractivity (Wildman–Crippen MR) is 91.0 cm³/mol. The lowest BCUT2D eigenvalue weighted by Crippen LogP contribution is -2.37. The van der Waals surface area contributed by atoms with Crippen molar-refractivity contribution in [3.8, 4) is 0 Å². The normalized spacial score (nSPS) is 19.5. The molecule has 0 aromatic carbocycles. The van der Waals surface area contributed by atoms with Crippen LogP contribution in [-0.4, -0.2) is 40.7 Å². The molecule has 5 nitrogen and oxygen atoms in total. The van der Waals surface area contributed by atoms with Crippen LogP contribution >= 0.6 is 15.9 Å². The Morgan fingerprint density at radius 1 is 1.36 bits per heavy atom. The maximum Gasteiger partial charge on any atom is 0.410 e. The Balaban J connectivity index is 1.87. The standard InChI is InChI=1S/C16H24BrN3O2/c1-16(2,3)22-15(21)20-9-4-5-12(8-10-20)19-13-6-7-14(17)18-11-13/h6-7,11-12,19H,4-5,8-10H2,1-3H3. The van der Waals surface area contributed by atoms with E-state index in [0.29, 0.717) is 6.04 Å². The fourth-order valence-electron chi connectivity index (χ4n) is 2.45. The molecule has 0 bridgehead atoms. The second-order valence-corrected chi connectivity index (χ2v) is 7.42. The van der Waals surface area contributed by atoms with Gasteiger partial charge in [-0.15, -0.1) is 0 Å². The zero-order chi connectivity index (χ0) is 16.2. The predicted octanol–water partition coefficient (Wildman–Crippen LogP) is 4.05. The molecule has 1 aliphatic heterocycles. The van der Waals surface area contributed by atoms with E-state index in [1.807, 2.05) is 44.0 Å². The lowest BCUT2D eigenvalue weighted by Gasteiger charge is -2.26. The number of amides is 1. The van der Waals surface area contributed by atoms with Gasteiger partial charge in [0.05, 0.1) is 11.9 Å². The Kier molecular flexibility index (Phi) is 5.67. The van der Waals surface area contributed by atoms with E-state index in [0.717, 1.165) is 42.6 Å². The Morgan fingerprint density at radius 2 is 2.14 bits per heavy atom. The van der Waals surface area contributed by atoms with Crippen molar-refractivity contribution in [2.75, 3.05) is 18.4 Å². The van der Waals surface area contributed by atoms with Crippen molar-refractivity contribution in [3.05, 3.63) is 22.9 Å². The lowest BCUT2D eigenvalue weighted by molar-refractivity contribution is 0.0256. The van der Waals surface area contributed by atoms with Crippen LogP contribution in [-0.2, 0) is 4.74 Å². The van der Waals surface area contributed by atoms with E-state index in [1.165, 1.54) is 0 Å². The highest BCUT2D eigenvalue weighted by atomic mass is 79.9. The molecular formula is C16H24BrN3O2. The Morgan fingerprint density at radius 3 is 2.77 bits per heavy atom. The number of hydrogen-bond acceptors (Lipinski definition) is 4. The molecule has 0 radical (unpaired) electrons. The number of carbonyl (C=O) groups is 1. The molecule has 0 spiro atoms. The molecule has 1 aromatic heterocycles. The summed E-state index contributed by atoms with van der Waals surface area (Å²) in [4.78, 5) is 18.2. The van der Waals surface area contributed by atoms with Crippen LogP contribution in [0.5, 0.6) is 0 Å². The number of nitrogens with zero attached hydrogens (tertiary/aromatic N) is 2. The molecule has 1 amide bonds. The smallest absolute Gasteiger partial charge is 0.410 e. The average molecular weight is 370 g/mol. The first-order valence-corrected chi connectivity index (χ1v) is 8.49. The minimum Gasteiger partial charge on any atom is -0.444 e. The molecular weight excluding hydrogens is 346 g/mol. The highest BCUT2D eigenvalue weighted by Gasteiger charge is 2.25. The molecule has 1 N–H and O–H groups in total. The van der Waals surface area contributed by atoms with Crippen LogP contribution in [0, 0.1) is 0 Å². The zero-order valence-electron chi connectivity index (χ0n) is 13.4. The van der Waals surface area contributed by atoms with E-state index in [2.05, 4.69) is 26.2 Å². The summed E-state index contributed by atoms with van der Waals surface area (Å²) in [5.74, 6) is 0. The summed E-state index contributed by atoms with van der Waals surface area (Å²) in [6.07, 6.45) is 4.53. The van der Waals surface area contributed by atoms with E-state index in [4.69, 9.17) is 4.74 Å². The summed E-state index contributed by atoms with van der Waals surface area (Å²) in [7, 11) is 0. The number of pyridine rings is 1. The third-order valence-electron chi connectivity index (χ3n) is 3.48. The van der Waals surface area contributed by atoms with Crippen LogP contribution in [0.3, 0.4) is 0 Å². The number of likely N-dealkylation sites (tertiary alicyclic amines) is 1. The van der Waals surface area contributed by atoms with Crippen LogP contribution in [0.15, 0.2) is 22.9 Å². The van der Waals surface area contributed by atoms with Gasteiger partial charge < -0.3 is 15.0 Å². The van der Waals surface area contributed by atoms with Crippen molar-refractivity contribution in [1.29, 1.82) is 0 Å². The second-order valence-electron chi connectivity index (χ2n) is 6.61. The largest absolute Gasteiger partial charge is 0.444 e. The van der Waals surface area contributed by atoms with Gasteiger partial charge >= 0.3 is 6.09 Å². The summed E-state index contributed by atoms with van der Waals surface area (Å²) < 4.78 is 6.28. The topological polar surface area (TPSA) is 54.5 Å². The van der Waals surface area contributed by atoms with Gasteiger partial charge in [0.2, 0.25) is 0 Å². The molecule has 1 unspecified atom stereocenters. The number of halogens is 1. The molecule has 122 valence electrons. The SMILES string of the molecule is CC(C)(C)OC(=O)N1CCCC(Nc2ccc(Br)nc2)CC1. The summed E-state index contributed by atoms with van der Waals surface area (Å²) in [6, 6.07) is 4.29. The van der Waals surface area contributed by atoms with Crippen molar-refractivity contribution < 1.29 is 9.53 Å². The van der Waals surface area contributed by atoms with E-state index < -0.39 is 5.60 Å². The lowest BCUT2D eigenvalue weighted by atomic mass is 10.1. The van der Waals surface area contributed by atoms with Crippen LogP contribution in [0.2, 0.25) is 0 Å². The Labute approximate surface area is 140 Å². The minimum atomic E-state index is -0.440. The maximum atomic E-state index is 12.1. The van der Waals surface area contributed by atoms with Crippen molar-refractivity contribution >= 4 is 27.7 Å². The Bertz CT molecular complexity index is 499. The quantitative estimate of drug-likeness (QED) is 0.799. The van der Waals surface area contributed by atoms with Gasteiger partial charge in [-0.2, -0.15) is 0 Å². The third-order valence-corrected chi connectivity index (χ3v) is 3.95. The average Bonchev–Trinajstić information content (AvgIpc) is 2.65. The molecule has 0 aliphatic carbocycles. The molecule has 1 fully saturated rings. The van der Waals surface area contributed by atoms with Crippen molar-refractivity contribution in [3.63, 3.8) is 0 Å². The first-order chi connectivity index (χ1) is 10.3. The third kappa shape index (κ3) is 5.48. The van der Waals surface area contributed by atoms with Crippen LogP contribution in [0.25, 0.3) is 0 Å². The number of anilines is 1. The number of nitrogens with one attached hydrogen (secondary N) is 1. The zero-order valence-corrected chi connectivity index (χ0v) is 15.0. The Hall–Kier alpha value is -1.30. The van der Waals surface area contributed by atoms with Gasteiger partial charge in [-0.05, 0) is 68.1 Å². The molecule has 2 heterocycles. The highest BCUT2D eigenvalue weighted by Crippen LogP contribution is 2.19. The molecule has 1 saturated heterocycles. The molecule has 6 heteroatoms. The number of aromatic nitrogens is 1. The van der Waals surface area contributed by atoms with E-state index in [9.17, 15) is 4.79 Å². The van der Waals surface area contributed by atoms with Crippen LogP contribution < -0.4 is 5.32 Å². The monoisotopic (exact) mass is 369 g/mol. The van der Waals surface area contributed by atoms with Crippen molar-refractivity contribution in [1.82, 2.24) is 9.88 Å². The van der Waals surface area contributed by atoms with Gasteiger partial charge in [0.1, 0.15) is 10.2 Å². The molecule has 1 aliphatic rings. The minimum absolute atomic E-state index is 0.210. The summed E-state index contributed by atoms with van der Waals surface area (Å²) in [5.41, 5.74) is 0.573. The van der Waals surface area contributed by atoms with E-state index >= 15 is 0 Å².